The molecule has 0 saturated carbocycles. The normalized spacial score (nSPS) is 16.2. The summed E-state index contributed by atoms with van der Waals surface area (Å²) in [6.45, 7) is 0.110. The summed E-state index contributed by atoms with van der Waals surface area (Å²) in [5.74, 6) is 0.0983. The third kappa shape index (κ3) is 5.10. The van der Waals surface area contributed by atoms with Crippen molar-refractivity contribution in [2.75, 3.05) is 13.2 Å². The molecule has 0 aromatic heterocycles. The van der Waals surface area contributed by atoms with Crippen LogP contribution in [0.2, 0.25) is 0 Å². The van der Waals surface area contributed by atoms with Gasteiger partial charge in [0.2, 0.25) is 0 Å². The molecular formula is C13H19F2NO3. The molecule has 0 amide bonds. The van der Waals surface area contributed by atoms with E-state index in [2.05, 4.69) is 10.1 Å². The quantitative estimate of drug-likeness (QED) is 0.708. The molecule has 108 valence electrons. The number of nitrogens with one attached hydrogen (secondary N) is 1. The van der Waals surface area contributed by atoms with Crippen LogP contribution in [0.1, 0.15) is 25.5 Å². The molecule has 0 heterocycles. The number of hydrogen-bond donors (Lipinski definition) is 3. The first-order valence-electron chi connectivity index (χ1n) is 5.96. The molecule has 0 aliphatic carbocycles. The van der Waals surface area contributed by atoms with Crippen molar-refractivity contribution in [1.82, 2.24) is 5.32 Å². The van der Waals surface area contributed by atoms with Crippen LogP contribution < -0.4 is 10.1 Å². The van der Waals surface area contributed by atoms with E-state index in [4.69, 9.17) is 5.11 Å². The molecule has 1 aromatic rings. The molecule has 4 nitrogen and oxygen atoms in total. The molecule has 2 atom stereocenters. The molecule has 0 fully saturated rings. The topological polar surface area (TPSA) is 61.7 Å². The zero-order valence-corrected chi connectivity index (χ0v) is 10.9. The number of aliphatic hydroxyl groups is 2. The molecule has 0 aliphatic rings. The average molecular weight is 275 g/mol. The van der Waals surface area contributed by atoms with Gasteiger partial charge in [0.25, 0.3) is 0 Å². The van der Waals surface area contributed by atoms with Crippen LogP contribution in [0.4, 0.5) is 8.78 Å². The van der Waals surface area contributed by atoms with E-state index < -0.39 is 12.2 Å². The summed E-state index contributed by atoms with van der Waals surface area (Å²) in [5, 5.41) is 21.6. The van der Waals surface area contributed by atoms with E-state index in [1.54, 1.807) is 25.1 Å². The zero-order valence-electron chi connectivity index (χ0n) is 10.9. The number of halogens is 2. The molecule has 3 N–H and O–H groups in total. The second-order valence-corrected chi connectivity index (χ2v) is 4.67. The summed E-state index contributed by atoms with van der Waals surface area (Å²) in [4.78, 5) is 0. The van der Waals surface area contributed by atoms with Crippen molar-refractivity contribution in [3.63, 3.8) is 0 Å². The van der Waals surface area contributed by atoms with Gasteiger partial charge in [-0.05, 0) is 19.9 Å². The average Bonchev–Trinajstić information content (AvgIpc) is 2.36. The SMILES string of the molecule is CC(NCC(C)(O)CO)c1ccccc1OC(F)F. The molecule has 0 spiro atoms. The monoisotopic (exact) mass is 275 g/mol. The molecule has 19 heavy (non-hydrogen) atoms. The Balaban J connectivity index is 2.73. The van der Waals surface area contributed by atoms with Gasteiger partial charge in [-0.3, -0.25) is 0 Å². The van der Waals surface area contributed by atoms with Crippen LogP contribution in [-0.2, 0) is 0 Å². The first kappa shape index (κ1) is 15.8. The van der Waals surface area contributed by atoms with E-state index in [1.807, 2.05) is 0 Å². The Kier molecular flexibility index (Phi) is 5.65. The van der Waals surface area contributed by atoms with Gasteiger partial charge in [0.1, 0.15) is 5.75 Å². The van der Waals surface area contributed by atoms with Gasteiger partial charge in [-0.2, -0.15) is 8.78 Å². The van der Waals surface area contributed by atoms with Crippen molar-refractivity contribution < 1.29 is 23.7 Å². The fourth-order valence-corrected chi connectivity index (χ4v) is 1.58. The Morgan fingerprint density at radius 1 is 1.37 bits per heavy atom. The Bertz CT molecular complexity index is 399. The smallest absolute Gasteiger partial charge is 0.387 e. The van der Waals surface area contributed by atoms with E-state index in [-0.39, 0.29) is 24.9 Å². The number of benzene rings is 1. The Hall–Kier alpha value is -1.24. The molecule has 0 saturated heterocycles. The Labute approximate surface area is 111 Å². The molecule has 2 unspecified atom stereocenters. The predicted octanol–water partition coefficient (Wildman–Crippen LogP) is 1.68. The van der Waals surface area contributed by atoms with Crippen LogP contribution in [0.15, 0.2) is 24.3 Å². The predicted molar refractivity (Wildman–Crippen MR) is 67.2 cm³/mol. The van der Waals surface area contributed by atoms with Crippen LogP contribution in [0, 0.1) is 0 Å². The van der Waals surface area contributed by atoms with Gasteiger partial charge in [-0.25, -0.2) is 0 Å². The van der Waals surface area contributed by atoms with Gasteiger partial charge in [0.05, 0.1) is 12.2 Å². The fourth-order valence-electron chi connectivity index (χ4n) is 1.58. The van der Waals surface area contributed by atoms with E-state index >= 15 is 0 Å². The number of alkyl halides is 2. The van der Waals surface area contributed by atoms with Gasteiger partial charge in [-0.1, -0.05) is 18.2 Å². The maximum atomic E-state index is 12.3. The van der Waals surface area contributed by atoms with Crippen LogP contribution in [0.25, 0.3) is 0 Å². The molecule has 1 aromatic carbocycles. The molecule has 0 radical (unpaired) electrons. The molecule has 0 aliphatic heterocycles. The van der Waals surface area contributed by atoms with Crippen LogP contribution in [-0.4, -0.2) is 35.6 Å². The maximum absolute atomic E-state index is 12.3. The number of aliphatic hydroxyl groups excluding tert-OH is 1. The largest absolute Gasteiger partial charge is 0.434 e. The minimum absolute atomic E-state index is 0.0983. The summed E-state index contributed by atoms with van der Waals surface area (Å²) in [7, 11) is 0. The fraction of sp³-hybridized carbons (Fsp3) is 0.538. The van der Waals surface area contributed by atoms with Crippen molar-refractivity contribution in [1.29, 1.82) is 0 Å². The number of para-hydroxylation sites is 1. The lowest BCUT2D eigenvalue weighted by molar-refractivity contribution is -0.0508. The summed E-state index contributed by atoms with van der Waals surface area (Å²) in [6, 6.07) is 6.16. The highest BCUT2D eigenvalue weighted by molar-refractivity contribution is 5.35. The lowest BCUT2D eigenvalue weighted by Gasteiger charge is -2.24. The van der Waals surface area contributed by atoms with Gasteiger partial charge >= 0.3 is 6.61 Å². The third-order valence-electron chi connectivity index (χ3n) is 2.73. The van der Waals surface area contributed by atoms with Gasteiger partial charge in [0.15, 0.2) is 0 Å². The number of rotatable bonds is 7. The van der Waals surface area contributed by atoms with E-state index in [1.165, 1.54) is 13.0 Å². The molecule has 0 bridgehead atoms. The van der Waals surface area contributed by atoms with E-state index in [9.17, 15) is 13.9 Å². The highest BCUT2D eigenvalue weighted by Gasteiger charge is 2.21. The lowest BCUT2D eigenvalue weighted by atomic mass is 10.0. The molecule has 6 heteroatoms. The first-order valence-corrected chi connectivity index (χ1v) is 5.96. The zero-order chi connectivity index (χ0) is 14.5. The lowest BCUT2D eigenvalue weighted by Crippen LogP contribution is -2.41. The first-order chi connectivity index (χ1) is 8.85. The Morgan fingerprint density at radius 3 is 2.58 bits per heavy atom. The highest BCUT2D eigenvalue weighted by atomic mass is 19.3. The minimum Gasteiger partial charge on any atom is -0.434 e. The highest BCUT2D eigenvalue weighted by Crippen LogP contribution is 2.26. The summed E-state index contributed by atoms with van der Waals surface area (Å²) >= 11 is 0. The van der Waals surface area contributed by atoms with E-state index in [0.717, 1.165) is 0 Å². The maximum Gasteiger partial charge on any atom is 0.387 e. The third-order valence-corrected chi connectivity index (χ3v) is 2.73. The Morgan fingerprint density at radius 2 is 2.00 bits per heavy atom. The van der Waals surface area contributed by atoms with Crippen LogP contribution in [0.5, 0.6) is 5.75 Å². The van der Waals surface area contributed by atoms with Crippen molar-refractivity contribution in [2.24, 2.45) is 0 Å². The number of hydrogen-bond acceptors (Lipinski definition) is 4. The molecular weight excluding hydrogens is 256 g/mol. The van der Waals surface area contributed by atoms with Gasteiger partial charge in [-0.15, -0.1) is 0 Å². The van der Waals surface area contributed by atoms with Crippen molar-refractivity contribution in [2.45, 2.75) is 32.1 Å². The summed E-state index contributed by atoms with van der Waals surface area (Å²) < 4.78 is 29.0. The van der Waals surface area contributed by atoms with Crippen LogP contribution >= 0.6 is 0 Å². The minimum atomic E-state index is -2.88. The van der Waals surface area contributed by atoms with Crippen molar-refractivity contribution >= 4 is 0 Å². The van der Waals surface area contributed by atoms with Crippen molar-refractivity contribution in [3.8, 4) is 5.75 Å². The van der Waals surface area contributed by atoms with Gasteiger partial charge in [0, 0.05) is 18.2 Å². The molecule has 1 rings (SSSR count). The summed E-state index contributed by atoms with van der Waals surface area (Å²) in [5.41, 5.74) is -0.691. The van der Waals surface area contributed by atoms with Crippen molar-refractivity contribution in [3.05, 3.63) is 29.8 Å². The van der Waals surface area contributed by atoms with E-state index in [0.29, 0.717) is 5.56 Å². The number of ether oxygens (including phenoxy) is 1. The second kappa shape index (κ2) is 6.79. The van der Waals surface area contributed by atoms with Crippen LogP contribution in [0.3, 0.4) is 0 Å². The second-order valence-electron chi connectivity index (χ2n) is 4.67. The standard InChI is InChI=1S/C13H19F2NO3/c1-9(16-7-13(2,18)8-17)10-5-3-4-6-11(10)19-12(14)15/h3-6,9,12,16-18H,7-8H2,1-2H3. The van der Waals surface area contributed by atoms with Gasteiger partial charge < -0.3 is 20.3 Å². The summed E-state index contributed by atoms with van der Waals surface area (Å²) in [6.07, 6.45) is 0.